The van der Waals surface area contributed by atoms with Crippen LogP contribution in [0.3, 0.4) is 0 Å². The molecule has 3 heterocycles. The predicted octanol–water partition coefficient (Wildman–Crippen LogP) is 2.90. The molecule has 0 radical (unpaired) electrons. The maximum absolute atomic E-state index is 12.7. The summed E-state index contributed by atoms with van der Waals surface area (Å²) in [6.45, 7) is 8.76. The fourth-order valence-corrected chi connectivity index (χ4v) is 3.77. The zero-order chi connectivity index (χ0) is 20.5. The Kier molecular flexibility index (Phi) is 5.08. The second kappa shape index (κ2) is 7.69. The van der Waals surface area contributed by atoms with Gasteiger partial charge in [-0.25, -0.2) is 14.8 Å². The van der Waals surface area contributed by atoms with E-state index in [0.717, 1.165) is 59.1 Å². The zero-order valence-electron chi connectivity index (χ0n) is 17.4. The van der Waals surface area contributed by atoms with Gasteiger partial charge in [0.05, 0.1) is 5.69 Å². The average Bonchev–Trinajstić information content (AvgIpc) is 3.02. The Bertz CT molecular complexity index is 1050. The van der Waals surface area contributed by atoms with E-state index in [1.807, 2.05) is 54.7 Å². The van der Waals surface area contributed by atoms with Crippen molar-refractivity contribution in [1.29, 1.82) is 0 Å². The van der Waals surface area contributed by atoms with Gasteiger partial charge in [0, 0.05) is 45.3 Å². The fourth-order valence-electron chi connectivity index (χ4n) is 3.77. The van der Waals surface area contributed by atoms with Gasteiger partial charge in [-0.2, -0.15) is 5.10 Å². The lowest BCUT2D eigenvalue weighted by Gasteiger charge is -2.35. The van der Waals surface area contributed by atoms with Crippen molar-refractivity contribution in [3.05, 3.63) is 41.3 Å². The molecule has 1 aliphatic rings. The molecule has 0 atom stereocenters. The Morgan fingerprint density at radius 3 is 2.52 bits per heavy atom. The molecule has 1 fully saturated rings. The molecule has 1 N–H and O–H groups in total. The van der Waals surface area contributed by atoms with Crippen LogP contribution in [-0.2, 0) is 13.5 Å². The highest BCUT2D eigenvalue weighted by Crippen LogP contribution is 2.27. The Morgan fingerprint density at radius 2 is 1.83 bits per heavy atom. The summed E-state index contributed by atoms with van der Waals surface area (Å²) in [7, 11) is 1.93. The van der Waals surface area contributed by atoms with Crippen LogP contribution in [-0.4, -0.2) is 56.9 Å². The highest BCUT2D eigenvalue weighted by molar-refractivity contribution is 5.91. The van der Waals surface area contributed by atoms with Crippen LogP contribution >= 0.6 is 0 Å². The number of amides is 2. The summed E-state index contributed by atoms with van der Waals surface area (Å²) in [5.74, 6) is 1.73. The second-order valence-corrected chi connectivity index (χ2v) is 7.44. The first-order chi connectivity index (χ1) is 14.0. The number of aryl methyl sites for hydroxylation is 4. The monoisotopic (exact) mass is 393 g/mol. The van der Waals surface area contributed by atoms with E-state index >= 15 is 0 Å². The molecule has 0 unspecified atom stereocenters. The number of urea groups is 1. The summed E-state index contributed by atoms with van der Waals surface area (Å²) in [6, 6.07) is 7.77. The van der Waals surface area contributed by atoms with Gasteiger partial charge in [-0.1, -0.05) is 25.1 Å². The maximum Gasteiger partial charge on any atom is 0.321 e. The van der Waals surface area contributed by atoms with Gasteiger partial charge in [0.1, 0.15) is 16.9 Å². The Morgan fingerprint density at radius 1 is 1.10 bits per heavy atom. The van der Waals surface area contributed by atoms with Gasteiger partial charge in [-0.3, -0.25) is 4.68 Å². The van der Waals surface area contributed by atoms with Gasteiger partial charge in [0.2, 0.25) is 0 Å². The number of hydrogen-bond donors (Lipinski definition) is 1. The van der Waals surface area contributed by atoms with Crippen LogP contribution < -0.4 is 10.2 Å². The minimum atomic E-state index is -0.0580. The number of para-hydroxylation sites is 1. The van der Waals surface area contributed by atoms with E-state index in [1.165, 1.54) is 0 Å². The molecule has 0 bridgehead atoms. The van der Waals surface area contributed by atoms with Crippen molar-refractivity contribution in [3.63, 3.8) is 0 Å². The third-order valence-electron chi connectivity index (χ3n) is 5.45. The van der Waals surface area contributed by atoms with Crippen LogP contribution in [0.1, 0.15) is 24.0 Å². The minimum Gasteiger partial charge on any atom is -0.351 e. The molecule has 0 spiro atoms. The largest absolute Gasteiger partial charge is 0.351 e. The molecule has 4 rings (SSSR count). The predicted molar refractivity (Wildman–Crippen MR) is 114 cm³/mol. The van der Waals surface area contributed by atoms with Crippen LogP contribution in [0, 0.1) is 13.8 Å². The van der Waals surface area contributed by atoms with Gasteiger partial charge >= 0.3 is 6.03 Å². The number of hydrogen-bond acceptors (Lipinski definition) is 5. The molecule has 0 aliphatic carbocycles. The first-order valence-corrected chi connectivity index (χ1v) is 10.0. The number of fused-ring (bicyclic) bond motifs is 1. The molecule has 1 aliphatic heterocycles. The van der Waals surface area contributed by atoms with E-state index in [-0.39, 0.29) is 6.03 Å². The lowest BCUT2D eigenvalue weighted by Crippen LogP contribution is -2.50. The number of aromatic nitrogens is 4. The third-order valence-corrected chi connectivity index (χ3v) is 5.45. The van der Waals surface area contributed by atoms with Gasteiger partial charge in [-0.15, -0.1) is 0 Å². The number of nitrogens with one attached hydrogen (secondary N) is 1. The molecule has 29 heavy (non-hydrogen) atoms. The van der Waals surface area contributed by atoms with Gasteiger partial charge < -0.3 is 15.1 Å². The molecular formula is C21H27N7O. The fraction of sp³-hybridized carbons (Fsp3) is 0.429. The van der Waals surface area contributed by atoms with Crippen LogP contribution in [0.15, 0.2) is 24.3 Å². The summed E-state index contributed by atoms with van der Waals surface area (Å²) >= 11 is 0. The number of piperazine rings is 1. The lowest BCUT2D eigenvalue weighted by molar-refractivity contribution is 0.208. The van der Waals surface area contributed by atoms with E-state index < -0.39 is 0 Å². The molecule has 2 aromatic heterocycles. The van der Waals surface area contributed by atoms with E-state index in [0.29, 0.717) is 13.1 Å². The van der Waals surface area contributed by atoms with Crippen molar-refractivity contribution in [2.45, 2.75) is 27.2 Å². The normalized spacial score (nSPS) is 14.5. The number of anilines is 2. The highest BCUT2D eigenvalue weighted by Gasteiger charge is 2.25. The summed E-state index contributed by atoms with van der Waals surface area (Å²) in [4.78, 5) is 26.3. The average molecular weight is 393 g/mol. The summed E-state index contributed by atoms with van der Waals surface area (Å²) < 4.78 is 1.86. The summed E-state index contributed by atoms with van der Waals surface area (Å²) in [5.41, 5.74) is 4.70. The van der Waals surface area contributed by atoms with Gasteiger partial charge in [0.15, 0.2) is 5.82 Å². The third kappa shape index (κ3) is 3.62. The van der Waals surface area contributed by atoms with Crippen LogP contribution in [0.2, 0.25) is 0 Å². The molecule has 3 aromatic rings. The minimum absolute atomic E-state index is 0.0580. The van der Waals surface area contributed by atoms with Crippen molar-refractivity contribution < 1.29 is 4.79 Å². The SMILES string of the molecule is CCc1nc(N2CCN(C(=O)Nc3ccccc3C)CC2)c2c(n1)c(C)nn2C. The van der Waals surface area contributed by atoms with Crippen molar-refractivity contribution >= 4 is 28.6 Å². The quantitative estimate of drug-likeness (QED) is 0.740. The summed E-state index contributed by atoms with van der Waals surface area (Å²) in [6.07, 6.45) is 0.774. The topological polar surface area (TPSA) is 79.2 Å². The van der Waals surface area contributed by atoms with E-state index in [9.17, 15) is 4.79 Å². The number of benzene rings is 1. The Labute approximate surface area is 170 Å². The van der Waals surface area contributed by atoms with Gasteiger partial charge in [0.25, 0.3) is 0 Å². The van der Waals surface area contributed by atoms with Crippen LogP contribution in [0.5, 0.6) is 0 Å². The number of rotatable bonds is 3. The first kappa shape index (κ1) is 19.2. The van der Waals surface area contributed by atoms with Crippen molar-refractivity contribution in [1.82, 2.24) is 24.6 Å². The van der Waals surface area contributed by atoms with Crippen molar-refractivity contribution in [2.75, 3.05) is 36.4 Å². The van der Waals surface area contributed by atoms with Crippen LogP contribution in [0.25, 0.3) is 11.0 Å². The lowest BCUT2D eigenvalue weighted by atomic mass is 10.2. The van der Waals surface area contributed by atoms with E-state index in [1.54, 1.807) is 0 Å². The molecule has 8 heteroatoms. The molecule has 152 valence electrons. The Balaban J connectivity index is 1.51. The Hall–Kier alpha value is -3.16. The zero-order valence-corrected chi connectivity index (χ0v) is 17.4. The van der Waals surface area contributed by atoms with E-state index in [2.05, 4.69) is 27.2 Å². The van der Waals surface area contributed by atoms with Gasteiger partial charge in [-0.05, 0) is 25.5 Å². The number of nitrogens with zero attached hydrogens (tertiary/aromatic N) is 6. The smallest absolute Gasteiger partial charge is 0.321 e. The number of carbonyl (C=O) groups excluding carboxylic acids is 1. The molecule has 8 nitrogen and oxygen atoms in total. The van der Waals surface area contributed by atoms with Crippen LogP contribution in [0.4, 0.5) is 16.3 Å². The molecule has 1 aromatic carbocycles. The van der Waals surface area contributed by atoms with E-state index in [4.69, 9.17) is 4.98 Å². The molecule has 0 saturated carbocycles. The molecule has 2 amide bonds. The maximum atomic E-state index is 12.7. The highest BCUT2D eigenvalue weighted by atomic mass is 16.2. The summed E-state index contributed by atoms with van der Waals surface area (Å²) in [5, 5.41) is 7.56. The first-order valence-electron chi connectivity index (χ1n) is 10.0. The van der Waals surface area contributed by atoms with Crippen molar-refractivity contribution in [3.8, 4) is 0 Å². The molecule has 1 saturated heterocycles. The van der Waals surface area contributed by atoms with Crippen molar-refractivity contribution in [2.24, 2.45) is 7.05 Å². The number of carbonyl (C=O) groups is 1. The second-order valence-electron chi connectivity index (χ2n) is 7.44. The standard InChI is InChI=1S/C21H27N7O/c1-5-17-23-18-15(3)25-26(4)19(18)20(24-17)27-10-12-28(13-11-27)21(29)22-16-9-7-6-8-14(16)2/h6-9H,5,10-13H2,1-4H3,(H,22,29). The molecular weight excluding hydrogens is 366 g/mol.